The molecule has 5 rings (SSSR count). The Labute approximate surface area is 204 Å². The third-order valence-corrected chi connectivity index (χ3v) is 7.82. The molecule has 0 radical (unpaired) electrons. The second-order valence-corrected chi connectivity index (χ2v) is 10.1. The number of aliphatic imine (C=N–C) groups is 2. The molecular formula is C25H23F2N3O4S. The van der Waals surface area contributed by atoms with Crippen molar-refractivity contribution in [1.29, 1.82) is 0 Å². The minimum absolute atomic E-state index is 0.0804. The molecule has 1 heterocycles. The fraction of sp³-hybridized carbons (Fsp3) is 0.360. The van der Waals surface area contributed by atoms with Gasteiger partial charge in [-0.25, -0.2) is 13.8 Å². The lowest BCUT2D eigenvalue weighted by Gasteiger charge is -2.27. The number of benzene rings is 2. The second kappa shape index (κ2) is 9.50. The Morgan fingerprint density at radius 3 is 2.31 bits per heavy atom. The van der Waals surface area contributed by atoms with E-state index < -0.39 is 40.9 Å². The number of ether oxygens (including phenoxy) is 2. The van der Waals surface area contributed by atoms with E-state index in [4.69, 9.17) is 15.2 Å². The van der Waals surface area contributed by atoms with E-state index >= 15 is 0 Å². The first kappa shape index (κ1) is 23.6. The normalized spacial score (nSPS) is 28.4. The van der Waals surface area contributed by atoms with Gasteiger partial charge in [-0.05, 0) is 47.7 Å². The van der Waals surface area contributed by atoms with E-state index in [9.17, 15) is 18.4 Å². The second-order valence-electron chi connectivity index (χ2n) is 8.91. The first-order valence-corrected chi connectivity index (χ1v) is 12.1. The van der Waals surface area contributed by atoms with E-state index in [0.29, 0.717) is 22.8 Å². The minimum atomic E-state index is -1.40. The molecule has 2 aromatic rings. The van der Waals surface area contributed by atoms with Crippen LogP contribution in [0.15, 0.2) is 58.5 Å². The molecular weight excluding hydrogens is 476 g/mol. The van der Waals surface area contributed by atoms with Gasteiger partial charge in [-0.1, -0.05) is 36.0 Å². The first-order valence-electron chi connectivity index (χ1n) is 11.2. The van der Waals surface area contributed by atoms with E-state index in [0.717, 1.165) is 0 Å². The predicted molar refractivity (Wildman–Crippen MR) is 127 cm³/mol. The van der Waals surface area contributed by atoms with Gasteiger partial charge in [0, 0.05) is 17.4 Å². The zero-order valence-corrected chi connectivity index (χ0v) is 19.4. The molecule has 182 valence electrons. The molecule has 0 saturated heterocycles. The van der Waals surface area contributed by atoms with Crippen LogP contribution in [-0.2, 0) is 32.3 Å². The number of carbonyl (C=O) groups is 2. The number of fused-ring (bicyclic) bond motifs is 1. The Morgan fingerprint density at radius 1 is 1.06 bits per heavy atom. The number of hydrogen-bond acceptors (Lipinski definition) is 8. The Balaban J connectivity index is 1.29. The van der Waals surface area contributed by atoms with Crippen LogP contribution in [0.5, 0.6) is 0 Å². The standard InChI is InChI=1S/C25H23F2N3O4S/c26-16-5-1-3-14(9-16)12-33-22(31)20-19-18(35-24-29-7-8-30-24)11-25(28,21(19)20)23(32)34-13-15-4-2-6-17(27)10-15/h1-7,9-10,18-21H,8,11-13,28H2/t18-,19-,20-,21-,25-/m0/s1. The van der Waals surface area contributed by atoms with Crippen molar-refractivity contribution in [3.8, 4) is 0 Å². The number of nitrogens with zero attached hydrogens (tertiary/aromatic N) is 2. The summed E-state index contributed by atoms with van der Waals surface area (Å²) < 4.78 is 37.8. The zero-order chi connectivity index (χ0) is 24.6. The molecule has 0 aromatic heterocycles. The van der Waals surface area contributed by atoms with Crippen molar-refractivity contribution in [2.24, 2.45) is 33.5 Å². The van der Waals surface area contributed by atoms with Gasteiger partial charge >= 0.3 is 11.9 Å². The van der Waals surface area contributed by atoms with Crippen LogP contribution in [0.1, 0.15) is 17.5 Å². The van der Waals surface area contributed by atoms with Gasteiger partial charge in [-0.15, -0.1) is 0 Å². The molecule has 2 fully saturated rings. The number of halogens is 2. The average Bonchev–Trinajstić information content (AvgIpc) is 3.26. The fourth-order valence-electron chi connectivity index (χ4n) is 4.98. The van der Waals surface area contributed by atoms with Crippen molar-refractivity contribution < 1.29 is 27.8 Å². The van der Waals surface area contributed by atoms with Crippen LogP contribution >= 0.6 is 11.8 Å². The Morgan fingerprint density at radius 2 is 1.71 bits per heavy atom. The van der Waals surface area contributed by atoms with Crippen molar-refractivity contribution in [2.45, 2.75) is 30.4 Å². The summed E-state index contributed by atoms with van der Waals surface area (Å²) in [6.45, 7) is 0.283. The van der Waals surface area contributed by atoms with Crippen molar-refractivity contribution >= 4 is 35.1 Å². The molecule has 7 nitrogen and oxygen atoms in total. The average molecular weight is 500 g/mol. The van der Waals surface area contributed by atoms with Crippen molar-refractivity contribution in [3.63, 3.8) is 0 Å². The van der Waals surface area contributed by atoms with Gasteiger partial charge in [0.05, 0.1) is 12.5 Å². The summed E-state index contributed by atoms with van der Waals surface area (Å²) in [5.74, 6) is -3.24. The maximum atomic E-state index is 13.5. The molecule has 2 aliphatic carbocycles. The monoisotopic (exact) mass is 499 g/mol. The Kier molecular flexibility index (Phi) is 6.41. The van der Waals surface area contributed by atoms with E-state index in [1.165, 1.54) is 42.1 Å². The molecule has 2 aromatic carbocycles. The molecule has 10 heteroatoms. The summed E-state index contributed by atoms with van der Waals surface area (Å²) in [5.41, 5.74) is 6.23. The van der Waals surface area contributed by atoms with Gasteiger partial charge in [0.25, 0.3) is 0 Å². The number of nitrogens with two attached hydrogens (primary N) is 1. The van der Waals surface area contributed by atoms with E-state index in [2.05, 4.69) is 9.98 Å². The van der Waals surface area contributed by atoms with Crippen LogP contribution in [-0.4, -0.2) is 40.7 Å². The van der Waals surface area contributed by atoms with Crippen LogP contribution in [0.25, 0.3) is 0 Å². The highest BCUT2D eigenvalue weighted by molar-refractivity contribution is 8.14. The third-order valence-electron chi connectivity index (χ3n) is 6.59. The lowest BCUT2D eigenvalue weighted by Crippen LogP contribution is -2.51. The number of hydrogen-bond donors (Lipinski definition) is 1. The van der Waals surface area contributed by atoms with Gasteiger partial charge in [-0.2, -0.15) is 0 Å². The summed E-state index contributed by atoms with van der Waals surface area (Å²) in [6, 6.07) is 11.6. The lowest BCUT2D eigenvalue weighted by molar-refractivity contribution is -0.153. The highest BCUT2D eigenvalue weighted by Gasteiger charge is 2.74. The smallest absolute Gasteiger partial charge is 0.326 e. The van der Waals surface area contributed by atoms with E-state index in [1.807, 2.05) is 0 Å². The number of carbonyl (C=O) groups excluding carboxylic acids is 2. The topological polar surface area (TPSA) is 103 Å². The van der Waals surface area contributed by atoms with Gasteiger partial charge in [0.15, 0.2) is 5.17 Å². The van der Waals surface area contributed by atoms with E-state index in [1.54, 1.807) is 24.4 Å². The highest BCUT2D eigenvalue weighted by atomic mass is 32.2. The van der Waals surface area contributed by atoms with E-state index in [-0.39, 0.29) is 30.8 Å². The number of esters is 2. The summed E-state index contributed by atoms with van der Waals surface area (Å²) in [7, 11) is 0. The summed E-state index contributed by atoms with van der Waals surface area (Å²) in [5, 5.41) is 0.414. The van der Waals surface area contributed by atoms with Crippen molar-refractivity contribution in [1.82, 2.24) is 0 Å². The largest absolute Gasteiger partial charge is 0.461 e. The quantitative estimate of drug-likeness (QED) is 0.587. The SMILES string of the molecule is N[C@@]1(C(=O)OCc2cccc(F)c2)C[C@H](SC2=NCC=N2)[C@H]2[C@H](C(=O)OCc3cccc(F)c3)[C@H]21. The number of thioether (sulfide) groups is 1. The molecule has 0 unspecified atom stereocenters. The van der Waals surface area contributed by atoms with Crippen LogP contribution in [0.4, 0.5) is 8.78 Å². The molecule has 0 spiro atoms. The number of amidine groups is 1. The maximum absolute atomic E-state index is 13.5. The molecule has 0 amide bonds. The molecule has 5 atom stereocenters. The Bertz CT molecular complexity index is 1220. The molecule has 3 aliphatic rings. The fourth-order valence-corrected chi connectivity index (χ4v) is 6.39. The highest BCUT2D eigenvalue weighted by Crippen LogP contribution is 2.65. The van der Waals surface area contributed by atoms with Crippen LogP contribution in [0.2, 0.25) is 0 Å². The molecule has 2 saturated carbocycles. The van der Waals surface area contributed by atoms with Crippen LogP contribution in [0, 0.1) is 29.4 Å². The maximum Gasteiger partial charge on any atom is 0.326 e. The molecule has 0 bridgehead atoms. The summed E-state index contributed by atoms with van der Waals surface area (Å²) in [6.07, 6.45) is 1.98. The zero-order valence-electron chi connectivity index (χ0n) is 18.6. The van der Waals surface area contributed by atoms with Gasteiger partial charge < -0.3 is 15.2 Å². The number of rotatable bonds is 7. The minimum Gasteiger partial charge on any atom is -0.461 e. The molecule has 35 heavy (non-hydrogen) atoms. The van der Waals surface area contributed by atoms with Crippen molar-refractivity contribution in [3.05, 3.63) is 71.3 Å². The Hall–Kier alpha value is -3.11. The molecule has 2 N–H and O–H groups in total. The van der Waals surface area contributed by atoms with Crippen LogP contribution in [0.3, 0.4) is 0 Å². The van der Waals surface area contributed by atoms with Gasteiger partial charge in [0.1, 0.15) is 30.4 Å². The van der Waals surface area contributed by atoms with Gasteiger partial charge in [0.2, 0.25) is 0 Å². The summed E-state index contributed by atoms with van der Waals surface area (Å²) in [4.78, 5) is 34.6. The van der Waals surface area contributed by atoms with Gasteiger partial charge in [-0.3, -0.25) is 14.6 Å². The summed E-state index contributed by atoms with van der Waals surface area (Å²) >= 11 is 1.40. The van der Waals surface area contributed by atoms with Crippen LogP contribution < -0.4 is 5.73 Å². The molecule has 1 aliphatic heterocycles. The third kappa shape index (κ3) is 4.85. The van der Waals surface area contributed by atoms with Crippen molar-refractivity contribution in [2.75, 3.05) is 6.54 Å². The lowest BCUT2D eigenvalue weighted by atomic mass is 9.91. The predicted octanol–water partition coefficient (Wildman–Crippen LogP) is 3.26. The first-order chi connectivity index (χ1) is 16.8.